The summed E-state index contributed by atoms with van der Waals surface area (Å²) in [4.78, 5) is 23.6. The van der Waals surface area contributed by atoms with Crippen molar-refractivity contribution in [2.24, 2.45) is 5.10 Å². The normalized spacial score (nSPS) is 10.5. The van der Waals surface area contributed by atoms with Gasteiger partial charge in [0.15, 0.2) is 0 Å². The van der Waals surface area contributed by atoms with Crippen LogP contribution in [0.5, 0.6) is 5.75 Å². The number of nitrogens with one attached hydrogen (secondary N) is 2. The highest BCUT2D eigenvalue weighted by atomic mass is 79.9. The smallest absolute Gasteiger partial charge is 0.240 e. The van der Waals surface area contributed by atoms with E-state index in [1.165, 1.54) is 6.21 Å². The molecule has 0 saturated heterocycles. The van der Waals surface area contributed by atoms with Crippen LogP contribution in [0.3, 0.4) is 0 Å². The summed E-state index contributed by atoms with van der Waals surface area (Å²) in [6, 6.07) is 14.5. The van der Waals surface area contributed by atoms with Crippen molar-refractivity contribution in [2.45, 2.75) is 12.8 Å². The number of hydrogen-bond acceptors (Lipinski definition) is 4. The number of carbonyl (C=O) groups is 2. The van der Waals surface area contributed by atoms with Gasteiger partial charge in [0.25, 0.3) is 0 Å². The van der Waals surface area contributed by atoms with Gasteiger partial charge < -0.3 is 10.1 Å². The molecule has 0 aliphatic heterocycles. The summed E-state index contributed by atoms with van der Waals surface area (Å²) in [5, 5.41) is 6.61. The summed E-state index contributed by atoms with van der Waals surface area (Å²) in [7, 11) is 1.59. The lowest BCUT2D eigenvalue weighted by atomic mass is 10.2. The lowest BCUT2D eigenvalue weighted by Crippen LogP contribution is -2.20. The summed E-state index contributed by atoms with van der Waals surface area (Å²) in [6.45, 7) is 0. The maximum Gasteiger partial charge on any atom is 0.240 e. The van der Waals surface area contributed by atoms with E-state index < -0.39 is 0 Å². The molecule has 0 radical (unpaired) electrons. The van der Waals surface area contributed by atoms with Crippen molar-refractivity contribution in [3.05, 3.63) is 58.6 Å². The predicted molar refractivity (Wildman–Crippen MR) is 101 cm³/mol. The van der Waals surface area contributed by atoms with Gasteiger partial charge in [0.05, 0.1) is 19.0 Å². The number of ether oxygens (including phenoxy) is 1. The third kappa shape index (κ3) is 6.39. The van der Waals surface area contributed by atoms with Crippen molar-refractivity contribution in [1.29, 1.82) is 0 Å². The summed E-state index contributed by atoms with van der Waals surface area (Å²) in [5.74, 6) is 0.186. The molecule has 2 N–H and O–H groups in total. The van der Waals surface area contributed by atoms with Crippen LogP contribution in [0.15, 0.2) is 58.1 Å². The zero-order valence-electron chi connectivity index (χ0n) is 13.7. The van der Waals surface area contributed by atoms with Crippen LogP contribution in [0, 0.1) is 0 Å². The minimum atomic E-state index is -0.327. The van der Waals surface area contributed by atoms with Crippen molar-refractivity contribution in [1.82, 2.24) is 5.43 Å². The van der Waals surface area contributed by atoms with E-state index in [2.05, 4.69) is 31.8 Å². The Labute approximate surface area is 154 Å². The van der Waals surface area contributed by atoms with Crippen molar-refractivity contribution >= 4 is 39.6 Å². The lowest BCUT2D eigenvalue weighted by Gasteiger charge is -2.06. The van der Waals surface area contributed by atoms with Crippen LogP contribution >= 0.6 is 15.9 Å². The van der Waals surface area contributed by atoms with E-state index >= 15 is 0 Å². The van der Waals surface area contributed by atoms with E-state index in [4.69, 9.17) is 4.74 Å². The minimum Gasteiger partial charge on any atom is -0.497 e. The highest BCUT2D eigenvalue weighted by Gasteiger charge is 2.08. The van der Waals surface area contributed by atoms with Crippen molar-refractivity contribution in [3.8, 4) is 5.75 Å². The second-order valence-electron chi connectivity index (χ2n) is 5.09. The fourth-order valence-corrected chi connectivity index (χ4v) is 2.31. The Morgan fingerprint density at radius 3 is 2.44 bits per heavy atom. The number of benzene rings is 2. The largest absolute Gasteiger partial charge is 0.497 e. The molecule has 7 heteroatoms. The quantitative estimate of drug-likeness (QED) is 0.549. The molecule has 6 nitrogen and oxygen atoms in total. The lowest BCUT2D eigenvalue weighted by molar-refractivity contribution is -0.124. The van der Waals surface area contributed by atoms with Crippen LogP contribution in [0.25, 0.3) is 0 Å². The zero-order chi connectivity index (χ0) is 18.1. The number of anilines is 1. The van der Waals surface area contributed by atoms with Crippen LogP contribution in [-0.4, -0.2) is 25.1 Å². The van der Waals surface area contributed by atoms with Gasteiger partial charge in [0, 0.05) is 17.3 Å². The van der Waals surface area contributed by atoms with E-state index in [9.17, 15) is 9.59 Å². The Balaban J connectivity index is 1.73. The molecule has 0 heterocycles. The topological polar surface area (TPSA) is 79.8 Å². The summed E-state index contributed by atoms with van der Waals surface area (Å²) in [6.07, 6.45) is 1.65. The SMILES string of the molecule is COc1ccc(/C=N\NC(=O)CCC(=O)Nc2ccccc2Br)cc1. The van der Waals surface area contributed by atoms with Gasteiger partial charge in [0.2, 0.25) is 11.8 Å². The predicted octanol–water partition coefficient (Wildman–Crippen LogP) is 3.33. The number of carbonyl (C=O) groups excluding carboxylic acids is 2. The van der Waals surface area contributed by atoms with Crippen LogP contribution in [0.2, 0.25) is 0 Å². The van der Waals surface area contributed by atoms with Crippen molar-refractivity contribution < 1.29 is 14.3 Å². The molecule has 0 saturated carbocycles. The number of rotatable bonds is 7. The molecule has 0 spiro atoms. The van der Waals surface area contributed by atoms with Crippen LogP contribution in [-0.2, 0) is 9.59 Å². The standard InChI is InChI=1S/C18H18BrN3O3/c1-25-14-8-6-13(7-9-14)12-20-22-18(24)11-10-17(23)21-16-5-3-2-4-15(16)19/h2-9,12H,10-11H2,1H3,(H,21,23)(H,22,24)/b20-12-. The second kappa shape index (κ2) is 9.58. The van der Waals surface area contributed by atoms with Crippen molar-refractivity contribution in [3.63, 3.8) is 0 Å². The minimum absolute atomic E-state index is 0.0518. The van der Waals surface area contributed by atoms with E-state index in [1.54, 1.807) is 25.3 Å². The number of hydrogen-bond donors (Lipinski definition) is 2. The van der Waals surface area contributed by atoms with Crippen LogP contribution in [0.4, 0.5) is 5.69 Å². The summed E-state index contributed by atoms with van der Waals surface area (Å²) in [5.41, 5.74) is 3.90. The zero-order valence-corrected chi connectivity index (χ0v) is 15.2. The molecule has 0 aliphatic carbocycles. The van der Waals surface area contributed by atoms with Crippen LogP contribution in [0.1, 0.15) is 18.4 Å². The molecule has 2 rings (SSSR count). The fourth-order valence-electron chi connectivity index (χ4n) is 1.93. The van der Waals surface area contributed by atoms with Gasteiger partial charge in [0.1, 0.15) is 5.75 Å². The number of nitrogens with zero attached hydrogens (tertiary/aromatic N) is 1. The molecule has 0 fully saturated rings. The van der Waals surface area contributed by atoms with Gasteiger partial charge in [-0.1, -0.05) is 12.1 Å². The average molecular weight is 404 g/mol. The molecular formula is C18H18BrN3O3. The van der Waals surface area contributed by atoms with Gasteiger partial charge in [-0.3, -0.25) is 9.59 Å². The number of amides is 2. The molecule has 0 unspecified atom stereocenters. The summed E-state index contributed by atoms with van der Waals surface area (Å²) < 4.78 is 5.85. The van der Waals surface area contributed by atoms with Gasteiger partial charge in [-0.05, 0) is 57.9 Å². The van der Waals surface area contributed by atoms with Gasteiger partial charge in [-0.15, -0.1) is 0 Å². The molecule has 0 atom stereocenters. The van der Waals surface area contributed by atoms with E-state index in [0.717, 1.165) is 15.8 Å². The average Bonchev–Trinajstić information content (AvgIpc) is 2.62. The third-order valence-electron chi connectivity index (χ3n) is 3.25. The Kier molecular flexibility index (Phi) is 7.16. The Bertz CT molecular complexity index is 760. The molecule has 0 aromatic heterocycles. The van der Waals surface area contributed by atoms with Gasteiger partial charge >= 0.3 is 0 Å². The van der Waals surface area contributed by atoms with E-state index in [-0.39, 0.29) is 24.7 Å². The molecule has 0 aliphatic rings. The Morgan fingerprint density at radius 1 is 1.08 bits per heavy atom. The molecule has 0 bridgehead atoms. The Hall–Kier alpha value is -2.67. The first-order chi connectivity index (χ1) is 12.1. The third-order valence-corrected chi connectivity index (χ3v) is 3.94. The molecule has 2 amide bonds. The highest BCUT2D eigenvalue weighted by Crippen LogP contribution is 2.21. The Morgan fingerprint density at radius 2 is 1.76 bits per heavy atom. The van der Waals surface area contributed by atoms with Crippen LogP contribution < -0.4 is 15.5 Å². The first-order valence-electron chi connectivity index (χ1n) is 7.59. The number of methoxy groups -OCH3 is 1. The first kappa shape index (κ1) is 18.7. The molecule has 130 valence electrons. The number of para-hydroxylation sites is 1. The van der Waals surface area contributed by atoms with E-state index in [0.29, 0.717) is 5.69 Å². The highest BCUT2D eigenvalue weighted by molar-refractivity contribution is 9.10. The van der Waals surface area contributed by atoms with Gasteiger partial charge in [-0.2, -0.15) is 5.10 Å². The molecule has 2 aromatic carbocycles. The first-order valence-corrected chi connectivity index (χ1v) is 8.38. The number of hydrazone groups is 1. The van der Waals surface area contributed by atoms with E-state index in [1.807, 2.05) is 30.3 Å². The van der Waals surface area contributed by atoms with Gasteiger partial charge in [-0.25, -0.2) is 5.43 Å². The maximum absolute atomic E-state index is 11.9. The summed E-state index contributed by atoms with van der Waals surface area (Å²) >= 11 is 3.35. The monoisotopic (exact) mass is 403 g/mol. The number of halogens is 1. The maximum atomic E-state index is 11.9. The molecular weight excluding hydrogens is 386 g/mol. The molecule has 25 heavy (non-hydrogen) atoms. The fraction of sp³-hybridized carbons (Fsp3) is 0.167. The molecule has 2 aromatic rings. The van der Waals surface area contributed by atoms with Crippen molar-refractivity contribution in [2.75, 3.05) is 12.4 Å². The second-order valence-corrected chi connectivity index (χ2v) is 5.95.